The third kappa shape index (κ3) is 3.72. The van der Waals surface area contributed by atoms with Crippen LogP contribution in [0.25, 0.3) is 0 Å². The minimum Gasteiger partial charge on any atom is -0.478 e. The van der Waals surface area contributed by atoms with Crippen molar-refractivity contribution in [3.8, 4) is 0 Å². The van der Waals surface area contributed by atoms with Crippen LogP contribution in [0.4, 0.5) is 5.69 Å². The van der Waals surface area contributed by atoms with Crippen LogP contribution in [0.1, 0.15) is 24.2 Å². The molecule has 7 nitrogen and oxygen atoms in total. The second kappa shape index (κ2) is 6.00. The molecule has 0 radical (unpaired) electrons. The van der Waals surface area contributed by atoms with Gasteiger partial charge in [-0.15, -0.1) is 0 Å². The number of para-hydroxylation sites is 1. The maximum absolute atomic E-state index is 12.4. The highest BCUT2D eigenvalue weighted by Gasteiger charge is 2.31. The number of morpholine rings is 1. The molecule has 1 heterocycles. The summed E-state index contributed by atoms with van der Waals surface area (Å²) in [5.74, 6) is -1.18. The molecular weight excluding hydrogens is 296 g/mol. The average molecular weight is 314 g/mol. The van der Waals surface area contributed by atoms with E-state index in [1.54, 1.807) is 26.0 Å². The number of aromatic carboxylic acids is 1. The standard InChI is InChI=1S/C13H18N2O5S/c1-9-7-15(8-10(2)20-9)21(18,19)14-12-6-4-3-5-11(12)13(16)17/h3-6,9-10,14H,7-8H2,1-2H3,(H,16,17). The van der Waals surface area contributed by atoms with Crippen molar-refractivity contribution in [3.05, 3.63) is 29.8 Å². The van der Waals surface area contributed by atoms with Crippen molar-refractivity contribution in [1.82, 2.24) is 4.31 Å². The maximum atomic E-state index is 12.4. The second-order valence-corrected chi connectivity index (χ2v) is 6.70. The quantitative estimate of drug-likeness (QED) is 0.869. The summed E-state index contributed by atoms with van der Waals surface area (Å²) in [6.45, 7) is 4.05. The highest BCUT2D eigenvalue weighted by molar-refractivity contribution is 7.90. The topological polar surface area (TPSA) is 95.9 Å². The summed E-state index contributed by atoms with van der Waals surface area (Å²) in [6, 6.07) is 5.90. The lowest BCUT2D eigenvalue weighted by Gasteiger charge is -2.34. The number of hydrogen-bond acceptors (Lipinski definition) is 4. The highest BCUT2D eigenvalue weighted by Crippen LogP contribution is 2.20. The van der Waals surface area contributed by atoms with E-state index in [4.69, 9.17) is 9.84 Å². The Hall–Kier alpha value is -1.64. The van der Waals surface area contributed by atoms with Gasteiger partial charge in [-0.3, -0.25) is 4.72 Å². The fourth-order valence-corrected chi connectivity index (χ4v) is 3.69. The van der Waals surface area contributed by atoms with Crippen molar-refractivity contribution in [3.63, 3.8) is 0 Å². The molecule has 1 fully saturated rings. The van der Waals surface area contributed by atoms with Crippen molar-refractivity contribution in [2.75, 3.05) is 17.8 Å². The zero-order valence-corrected chi connectivity index (χ0v) is 12.6. The van der Waals surface area contributed by atoms with Gasteiger partial charge in [0.1, 0.15) is 0 Å². The van der Waals surface area contributed by atoms with Gasteiger partial charge in [-0.05, 0) is 26.0 Å². The van der Waals surface area contributed by atoms with Crippen LogP contribution in [-0.2, 0) is 14.9 Å². The number of hydrogen-bond donors (Lipinski definition) is 2. The second-order valence-electron chi connectivity index (χ2n) is 5.03. The minimum absolute atomic E-state index is 0.0526. The first-order valence-electron chi connectivity index (χ1n) is 6.55. The molecule has 8 heteroatoms. The SMILES string of the molecule is CC1CN(S(=O)(=O)Nc2ccccc2C(=O)O)CC(C)O1. The number of anilines is 1. The Bertz CT molecular complexity index is 621. The van der Waals surface area contributed by atoms with Gasteiger partial charge >= 0.3 is 16.2 Å². The van der Waals surface area contributed by atoms with Gasteiger partial charge in [0.2, 0.25) is 0 Å². The number of nitrogens with zero attached hydrogens (tertiary/aromatic N) is 1. The Balaban J connectivity index is 2.24. The first-order chi connectivity index (χ1) is 9.79. The maximum Gasteiger partial charge on any atom is 0.337 e. The molecule has 0 spiro atoms. The monoisotopic (exact) mass is 314 g/mol. The van der Waals surface area contributed by atoms with Crippen LogP contribution in [0.3, 0.4) is 0 Å². The number of nitrogens with one attached hydrogen (secondary N) is 1. The zero-order chi connectivity index (χ0) is 15.6. The van der Waals surface area contributed by atoms with Gasteiger partial charge in [0, 0.05) is 13.1 Å². The van der Waals surface area contributed by atoms with Gasteiger partial charge in [-0.2, -0.15) is 12.7 Å². The van der Waals surface area contributed by atoms with Gasteiger partial charge in [-0.25, -0.2) is 4.79 Å². The molecule has 0 bridgehead atoms. The summed E-state index contributed by atoms with van der Waals surface area (Å²) in [5.41, 5.74) is -0.0350. The first kappa shape index (κ1) is 15.7. The summed E-state index contributed by atoms with van der Waals surface area (Å²) in [7, 11) is -3.82. The van der Waals surface area contributed by atoms with Crippen molar-refractivity contribution >= 4 is 21.9 Å². The predicted molar refractivity (Wildman–Crippen MR) is 77.5 cm³/mol. The lowest BCUT2D eigenvalue weighted by Crippen LogP contribution is -2.50. The van der Waals surface area contributed by atoms with E-state index in [1.165, 1.54) is 16.4 Å². The molecule has 1 saturated heterocycles. The van der Waals surface area contributed by atoms with E-state index in [0.29, 0.717) is 0 Å². The van der Waals surface area contributed by atoms with Crippen molar-refractivity contribution in [1.29, 1.82) is 0 Å². The number of rotatable bonds is 4. The Kier molecular flexibility index (Phi) is 4.50. The van der Waals surface area contributed by atoms with E-state index in [2.05, 4.69) is 4.72 Å². The molecule has 1 aromatic rings. The third-order valence-electron chi connectivity index (χ3n) is 3.12. The van der Waals surface area contributed by atoms with Crippen LogP contribution in [0.5, 0.6) is 0 Å². The molecule has 0 aliphatic carbocycles. The molecule has 0 amide bonds. The van der Waals surface area contributed by atoms with E-state index < -0.39 is 16.2 Å². The lowest BCUT2D eigenvalue weighted by atomic mass is 10.2. The molecule has 1 aliphatic rings. The fraction of sp³-hybridized carbons (Fsp3) is 0.462. The van der Waals surface area contributed by atoms with Crippen LogP contribution in [0, 0.1) is 0 Å². The lowest BCUT2D eigenvalue weighted by molar-refractivity contribution is -0.0439. The molecule has 21 heavy (non-hydrogen) atoms. The Morgan fingerprint density at radius 3 is 2.43 bits per heavy atom. The molecule has 2 rings (SSSR count). The van der Waals surface area contributed by atoms with E-state index in [-0.39, 0.29) is 36.5 Å². The average Bonchev–Trinajstić information content (AvgIpc) is 2.37. The fourth-order valence-electron chi connectivity index (χ4n) is 2.29. The molecule has 2 atom stereocenters. The molecule has 116 valence electrons. The highest BCUT2D eigenvalue weighted by atomic mass is 32.2. The van der Waals surface area contributed by atoms with Crippen LogP contribution >= 0.6 is 0 Å². The number of carboxylic acids is 1. The van der Waals surface area contributed by atoms with E-state index in [1.807, 2.05) is 0 Å². The number of ether oxygens (including phenoxy) is 1. The summed E-state index contributed by atoms with van der Waals surface area (Å²) >= 11 is 0. The summed E-state index contributed by atoms with van der Waals surface area (Å²) in [4.78, 5) is 11.1. The van der Waals surface area contributed by atoms with E-state index >= 15 is 0 Å². The van der Waals surface area contributed by atoms with Crippen molar-refractivity contribution in [2.45, 2.75) is 26.1 Å². The van der Waals surface area contributed by atoms with Crippen molar-refractivity contribution < 1.29 is 23.1 Å². The van der Waals surface area contributed by atoms with Gasteiger partial charge in [-0.1, -0.05) is 12.1 Å². The van der Waals surface area contributed by atoms with Crippen LogP contribution in [0.15, 0.2) is 24.3 Å². The van der Waals surface area contributed by atoms with Crippen LogP contribution in [0.2, 0.25) is 0 Å². The van der Waals surface area contributed by atoms with E-state index in [9.17, 15) is 13.2 Å². The molecule has 0 saturated carbocycles. The van der Waals surface area contributed by atoms with Crippen LogP contribution < -0.4 is 4.72 Å². The van der Waals surface area contributed by atoms with Crippen LogP contribution in [-0.4, -0.2) is 49.1 Å². The summed E-state index contributed by atoms with van der Waals surface area (Å²) in [6.07, 6.45) is -0.417. The molecule has 0 aromatic heterocycles. The number of carbonyl (C=O) groups is 1. The normalized spacial score (nSPS) is 23.7. The third-order valence-corrected chi connectivity index (χ3v) is 4.58. The van der Waals surface area contributed by atoms with Gasteiger partial charge in [0.25, 0.3) is 0 Å². The number of benzene rings is 1. The largest absolute Gasteiger partial charge is 0.478 e. The first-order valence-corrected chi connectivity index (χ1v) is 7.99. The Labute approximate surface area is 123 Å². The Morgan fingerprint density at radius 2 is 1.86 bits per heavy atom. The molecule has 2 N–H and O–H groups in total. The number of carboxylic acid groups (broad SMARTS) is 1. The summed E-state index contributed by atoms with van der Waals surface area (Å²) in [5, 5.41) is 9.09. The molecular formula is C13H18N2O5S. The zero-order valence-electron chi connectivity index (χ0n) is 11.8. The summed E-state index contributed by atoms with van der Waals surface area (Å²) < 4.78 is 33.9. The van der Waals surface area contributed by atoms with Gasteiger partial charge < -0.3 is 9.84 Å². The van der Waals surface area contributed by atoms with Gasteiger partial charge in [0.15, 0.2) is 0 Å². The smallest absolute Gasteiger partial charge is 0.337 e. The van der Waals surface area contributed by atoms with Crippen molar-refractivity contribution in [2.24, 2.45) is 0 Å². The minimum atomic E-state index is -3.82. The molecule has 2 unspecified atom stereocenters. The predicted octanol–water partition coefficient (Wildman–Crippen LogP) is 1.15. The van der Waals surface area contributed by atoms with E-state index in [0.717, 1.165) is 0 Å². The Morgan fingerprint density at radius 1 is 1.29 bits per heavy atom. The molecule has 1 aromatic carbocycles. The van der Waals surface area contributed by atoms with Gasteiger partial charge in [0.05, 0.1) is 23.5 Å². The molecule has 1 aliphatic heterocycles.